The zero-order valence-electron chi connectivity index (χ0n) is 10.4. The summed E-state index contributed by atoms with van der Waals surface area (Å²) in [6, 6.07) is 4.10. The Morgan fingerprint density at radius 3 is 2.68 bits per heavy atom. The zero-order valence-corrected chi connectivity index (χ0v) is 12.6. The standard InChI is InChI=1S/C12H13FINO4/c1-18-9-5-3-4-7(13)10(9)11(16)15-6-8(14)12(17)19-2/h3-5,8H,6H2,1-2H3,(H,15,16). The highest BCUT2D eigenvalue weighted by Crippen LogP contribution is 2.20. The molecule has 0 fully saturated rings. The van der Waals surface area contributed by atoms with Crippen LogP contribution in [0.4, 0.5) is 4.39 Å². The third-order valence-electron chi connectivity index (χ3n) is 2.32. The SMILES string of the molecule is COC(=O)C(I)CNC(=O)c1c(F)cccc1OC. The minimum absolute atomic E-state index is 0.0452. The summed E-state index contributed by atoms with van der Waals surface area (Å²) in [4.78, 5) is 23.0. The van der Waals surface area contributed by atoms with Gasteiger partial charge >= 0.3 is 5.97 Å². The number of hydrogen-bond donors (Lipinski definition) is 1. The van der Waals surface area contributed by atoms with Crippen LogP contribution in [0.25, 0.3) is 0 Å². The predicted molar refractivity (Wildman–Crippen MR) is 75.1 cm³/mol. The fourth-order valence-corrected chi connectivity index (χ4v) is 1.85. The normalized spacial score (nSPS) is 11.6. The van der Waals surface area contributed by atoms with E-state index in [1.54, 1.807) is 0 Å². The highest BCUT2D eigenvalue weighted by Gasteiger charge is 2.20. The Morgan fingerprint density at radius 2 is 2.11 bits per heavy atom. The molecule has 1 N–H and O–H groups in total. The van der Waals surface area contributed by atoms with E-state index in [9.17, 15) is 14.0 Å². The molecular weight excluding hydrogens is 368 g/mol. The molecule has 0 heterocycles. The molecule has 0 radical (unpaired) electrons. The fraction of sp³-hybridized carbons (Fsp3) is 0.333. The van der Waals surface area contributed by atoms with Crippen molar-refractivity contribution >= 4 is 34.5 Å². The largest absolute Gasteiger partial charge is 0.496 e. The average Bonchev–Trinajstić information content (AvgIpc) is 2.42. The van der Waals surface area contributed by atoms with Gasteiger partial charge in [0.1, 0.15) is 21.1 Å². The molecule has 0 saturated carbocycles. The summed E-state index contributed by atoms with van der Waals surface area (Å²) in [5, 5.41) is 2.46. The molecule has 19 heavy (non-hydrogen) atoms. The van der Waals surface area contributed by atoms with Gasteiger partial charge in [0.25, 0.3) is 5.91 Å². The maximum Gasteiger partial charge on any atom is 0.320 e. The minimum Gasteiger partial charge on any atom is -0.496 e. The molecule has 5 nitrogen and oxygen atoms in total. The Morgan fingerprint density at radius 1 is 1.42 bits per heavy atom. The summed E-state index contributed by atoms with van der Waals surface area (Å²) in [6.07, 6.45) is 0. The lowest BCUT2D eigenvalue weighted by Gasteiger charge is -2.12. The van der Waals surface area contributed by atoms with Crippen molar-refractivity contribution in [3.63, 3.8) is 0 Å². The minimum atomic E-state index is -0.681. The monoisotopic (exact) mass is 381 g/mol. The first kappa shape index (κ1) is 15.7. The van der Waals surface area contributed by atoms with Crippen LogP contribution in [0.5, 0.6) is 5.75 Å². The molecule has 0 aliphatic carbocycles. The van der Waals surface area contributed by atoms with Crippen molar-refractivity contribution < 1.29 is 23.5 Å². The van der Waals surface area contributed by atoms with Crippen LogP contribution in [0.1, 0.15) is 10.4 Å². The highest BCUT2D eigenvalue weighted by molar-refractivity contribution is 14.1. The summed E-state index contributed by atoms with van der Waals surface area (Å²) >= 11 is 1.83. The van der Waals surface area contributed by atoms with Crippen LogP contribution in [0.3, 0.4) is 0 Å². The number of amides is 1. The number of methoxy groups -OCH3 is 2. The highest BCUT2D eigenvalue weighted by atomic mass is 127. The molecule has 1 aromatic rings. The van der Waals surface area contributed by atoms with Crippen LogP contribution in [0, 0.1) is 5.82 Å². The number of nitrogens with one attached hydrogen (secondary N) is 1. The zero-order chi connectivity index (χ0) is 14.4. The van der Waals surface area contributed by atoms with E-state index in [1.165, 1.54) is 32.4 Å². The van der Waals surface area contributed by atoms with Gasteiger partial charge in [-0.3, -0.25) is 9.59 Å². The second-order valence-corrected chi connectivity index (χ2v) is 5.02. The maximum absolute atomic E-state index is 13.6. The topological polar surface area (TPSA) is 64.6 Å². The van der Waals surface area contributed by atoms with E-state index >= 15 is 0 Å². The first-order valence-corrected chi connectivity index (χ1v) is 6.58. The number of hydrogen-bond acceptors (Lipinski definition) is 4. The lowest BCUT2D eigenvalue weighted by molar-refractivity contribution is -0.139. The van der Waals surface area contributed by atoms with Crippen LogP contribution < -0.4 is 10.1 Å². The van der Waals surface area contributed by atoms with Crippen LogP contribution in [-0.2, 0) is 9.53 Å². The van der Waals surface area contributed by atoms with Gasteiger partial charge < -0.3 is 14.8 Å². The number of carbonyl (C=O) groups excluding carboxylic acids is 2. The van der Waals surface area contributed by atoms with Gasteiger partial charge in [-0.25, -0.2) is 4.39 Å². The molecule has 7 heteroatoms. The molecule has 1 rings (SSSR count). The quantitative estimate of drug-likeness (QED) is 0.478. The van der Waals surface area contributed by atoms with Crippen molar-refractivity contribution in [2.24, 2.45) is 0 Å². The van der Waals surface area contributed by atoms with Crippen molar-refractivity contribution in [2.75, 3.05) is 20.8 Å². The van der Waals surface area contributed by atoms with Crippen molar-refractivity contribution in [2.45, 2.75) is 3.92 Å². The molecule has 0 saturated heterocycles. The van der Waals surface area contributed by atoms with Gasteiger partial charge in [-0.15, -0.1) is 0 Å². The van der Waals surface area contributed by atoms with E-state index in [2.05, 4.69) is 10.1 Å². The van der Waals surface area contributed by atoms with Gasteiger partial charge in [-0.2, -0.15) is 0 Å². The Hall–Kier alpha value is -1.38. The molecular formula is C12H13FINO4. The van der Waals surface area contributed by atoms with E-state index in [-0.39, 0.29) is 17.9 Å². The van der Waals surface area contributed by atoms with Crippen molar-refractivity contribution in [3.05, 3.63) is 29.6 Å². The van der Waals surface area contributed by atoms with E-state index in [4.69, 9.17) is 4.74 Å². The number of alkyl halides is 1. The summed E-state index contributed by atoms with van der Waals surface area (Å²) in [5.74, 6) is -1.64. The van der Waals surface area contributed by atoms with Crippen LogP contribution in [-0.4, -0.2) is 36.6 Å². The summed E-state index contributed by atoms with van der Waals surface area (Å²) in [6.45, 7) is 0.0452. The first-order valence-electron chi connectivity index (χ1n) is 5.33. The van der Waals surface area contributed by atoms with Crippen molar-refractivity contribution in [3.8, 4) is 5.75 Å². The number of benzene rings is 1. The first-order chi connectivity index (χ1) is 9.01. The van der Waals surface area contributed by atoms with Crippen LogP contribution in [0.15, 0.2) is 18.2 Å². The molecule has 1 amide bonds. The lowest BCUT2D eigenvalue weighted by Crippen LogP contribution is -2.34. The molecule has 104 valence electrons. The summed E-state index contributed by atoms with van der Waals surface area (Å²) in [7, 11) is 2.61. The van der Waals surface area contributed by atoms with E-state index in [1.807, 2.05) is 22.6 Å². The summed E-state index contributed by atoms with van der Waals surface area (Å²) < 4.78 is 22.5. The number of carbonyl (C=O) groups is 2. The molecule has 1 aromatic carbocycles. The van der Waals surface area contributed by atoms with E-state index in [0.29, 0.717) is 0 Å². The van der Waals surface area contributed by atoms with Gasteiger partial charge in [-0.05, 0) is 12.1 Å². The smallest absolute Gasteiger partial charge is 0.320 e. The Balaban J connectivity index is 2.76. The van der Waals surface area contributed by atoms with Crippen molar-refractivity contribution in [1.29, 1.82) is 0 Å². The maximum atomic E-state index is 13.6. The second-order valence-electron chi connectivity index (χ2n) is 3.52. The number of rotatable bonds is 5. The number of esters is 1. The number of ether oxygens (including phenoxy) is 2. The van der Waals surface area contributed by atoms with Crippen LogP contribution >= 0.6 is 22.6 Å². The third-order valence-corrected chi connectivity index (χ3v) is 3.27. The van der Waals surface area contributed by atoms with E-state index < -0.39 is 21.6 Å². The Kier molecular flexibility index (Phi) is 6.00. The van der Waals surface area contributed by atoms with Gasteiger partial charge in [0.05, 0.1) is 14.2 Å². The van der Waals surface area contributed by atoms with Gasteiger partial charge in [-0.1, -0.05) is 28.7 Å². The van der Waals surface area contributed by atoms with Gasteiger partial charge in [0.15, 0.2) is 0 Å². The number of halogens is 2. The molecule has 0 bridgehead atoms. The van der Waals surface area contributed by atoms with Gasteiger partial charge in [0.2, 0.25) is 0 Å². The lowest BCUT2D eigenvalue weighted by atomic mass is 10.1. The Bertz CT molecular complexity index is 481. The van der Waals surface area contributed by atoms with E-state index in [0.717, 1.165) is 0 Å². The molecule has 1 unspecified atom stereocenters. The molecule has 1 atom stereocenters. The Labute approximate surface area is 123 Å². The van der Waals surface area contributed by atoms with Crippen molar-refractivity contribution in [1.82, 2.24) is 5.32 Å². The second kappa shape index (κ2) is 7.27. The summed E-state index contributed by atoms with van der Waals surface area (Å²) in [5.41, 5.74) is -0.182. The molecule has 0 aromatic heterocycles. The molecule has 0 aliphatic heterocycles. The third kappa shape index (κ3) is 4.05. The fourth-order valence-electron chi connectivity index (χ4n) is 1.38. The van der Waals surface area contributed by atoms with Crippen LogP contribution in [0.2, 0.25) is 0 Å². The molecule has 0 spiro atoms. The predicted octanol–water partition coefficient (Wildman–Crippen LogP) is 1.54. The van der Waals surface area contributed by atoms with Gasteiger partial charge in [0, 0.05) is 6.54 Å². The average molecular weight is 381 g/mol. The molecule has 0 aliphatic rings.